The summed E-state index contributed by atoms with van der Waals surface area (Å²) in [5.41, 5.74) is 2.51. The number of methoxy groups -OCH3 is 1. The second-order valence-corrected chi connectivity index (χ2v) is 7.91. The van der Waals surface area contributed by atoms with Crippen molar-refractivity contribution in [1.29, 1.82) is 0 Å². The first kappa shape index (κ1) is 18.0. The molecule has 3 aromatic heterocycles. The third-order valence-electron chi connectivity index (χ3n) is 5.28. The SMILES string of the molecule is [2H]C([2H])([2H])N(Cc1ccc(Nc2cc(Nc3cccc(-c4ncn(C)n4)c3OC)c(C(=O)CC)cn2)nc1)C([2H])([2H])[2H]. The number of nitrogens with zero attached hydrogens (tertiary/aromatic N) is 6. The number of ketones is 1. The van der Waals surface area contributed by atoms with Crippen LogP contribution in [-0.2, 0) is 13.6 Å². The van der Waals surface area contributed by atoms with Crippen LogP contribution in [0.15, 0.2) is 55.1 Å². The number of aryl methyl sites for hydroxylation is 1. The first-order chi connectivity index (χ1) is 19.8. The van der Waals surface area contributed by atoms with Gasteiger partial charge in [-0.2, -0.15) is 5.10 Å². The fourth-order valence-electron chi connectivity index (χ4n) is 3.58. The summed E-state index contributed by atoms with van der Waals surface area (Å²) in [6.45, 7) is -4.18. The summed E-state index contributed by atoms with van der Waals surface area (Å²) in [7, 11) is 3.31. The van der Waals surface area contributed by atoms with Crippen molar-refractivity contribution in [2.75, 3.05) is 31.7 Å². The van der Waals surface area contributed by atoms with Gasteiger partial charge in [0.2, 0.25) is 0 Å². The molecule has 186 valence electrons. The molecular weight excluding hydrogens is 456 g/mol. The molecule has 10 heteroatoms. The molecule has 4 aromatic rings. The Morgan fingerprint density at radius 1 is 1.08 bits per heavy atom. The zero-order valence-electron chi connectivity index (χ0n) is 26.1. The van der Waals surface area contributed by atoms with Crippen LogP contribution in [0, 0.1) is 0 Å². The standard InChI is InChI=1S/C26H30N8O2/c1-6-22(35)19-14-28-24(31-23-11-10-17(13-27-23)15-33(2)3)12-21(19)30-20-9-7-8-18(25(20)36-5)26-29-16-34(4)32-26/h7-14,16H,6,15H2,1-5H3,(H2,27,28,30,31)/i2D3,3D3. The Labute approximate surface area is 218 Å². The van der Waals surface area contributed by atoms with Gasteiger partial charge in [0.05, 0.1) is 29.6 Å². The molecule has 0 aliphatic rings. The van der Waals surface area contributed by atoms with Gasteiger partial charge in [0.1, 0.15) is 18.0 Å². The molecule has 10 nitrogen and oxygen atoms in total. The van der Waals surface area contributed by atoms with E-state index in [-0.39, 0.29) is 18.7 Å². The van der Waals surface area contributed by atoms with Crippen LogP contribution in [0.2, 0.25) is 0 Å². The predicted octanol–water partition coefficient (Wildman–Crippen LogP) is 4.42. The number of hydrogen-bond donors (Lipinski definition) is 2. The summed E-state index contributed by atoms with van der Waals surface area (Å²) in [5, 5.41) is 10.7. The predicted molar refractivity (Wildman–Crippen MR) is 140 cm³/mol. The molecule has 0 saturated heterocycles. The van der Waals surface area contributed by atoms with Gasteiger partial charge in [-0.3, -0.25) is 9.48 Å². The van der Waals surface area contributed by atoms with Crippen LogP contribution in [0.25, 0.3) is 11.4 Å². The first-order valence-electron chi connectivity index (χ1n) is 14.1. The summed E-state index contributed by atoms with van der Waals surface area (Å²) in [6.07, 6.45) is 4.71. The quantitative estimate of drug-likeness (QED) is 0.311. The molecule has 0 radical (unpaired) electrons. The molecule has 36 heavy (non-hydrogen) atoms. The molecule has 0 amide bonds. The fraction of sp³-hybridized carbons (Fsp3) is 0.269. The second kappa shape index (κ2) is 11.0. The van der Waals surface area contributed by atoms with Crippen molar-refractivity contribution in [3.05, 3.63) is 66.2 Å². The Morgan fingerprint density at radius 2 is 1.92 bits per heavy atom. The largest absolute Gasteiger partial charge is 0.494 e. The maximum atomic E-state index is 12.8. The summed E-state index contributed by atoms with van der Waals surface area (Å²) in [5.74, 6) is 1.61. The summed E-state index contributed by atoms with van der Waals surface area (Å²) >= 11 is 0. The Morgan fingerprint density at radius 3 is 2.58 bits per heavy atom. The molecule has 2 N–H and O–H groups in total. The van der Waals surface area contributed by atoms with Crippen LogP contribution >= 0.6 is 0 Å². The van der Waals surface area contributed by atoms with Gasteiger partial charge in [-0.05, 0) is 37.7 Å². The Kier molecular flexibility index (Phi) is 5.49. The molecule has 0 bridgehead atoms. The maximum absolute atomic E-state index is 12.8. The highest BCUT2D eigenvalue weighted by Crippen LogP contribution is 2.37. The molecule has 0 aliphatic carbocycles. The van der Waals surface area contributed by atoms with Gasteiger partial charge in [-0.25, -0.2) is 15.0 Å². The van der Waals surface area contributed by atoms with Crippen LogP contribution in [0.5, 0.6) is 5.75 Å². The van der Waals surface area contributed by atoms with E-state index in [0.29, 0.717) is 56.2 Å². The number of benzene rings is 1. The minimum atomic E-state index is -2.80. The Hall–Kier alpha value is -4.31. The van der Waals surface area contributed by atoms with Crippen molar-refractivity contribution >= 4 is 28.8 Å². The zero-order valence-corrected chi connectivity index (χ0v) is 20.1. The third-order valence-corrected chi connectivity index (χ3v) is 5.28. The van der Waals surface area contributed by atoms with E-state index < -0.39 is 14.0 Å². The van der Waals surface area contributed by atoms with E-state index in [2.05, 4.69) is 30.7 Å². The molecule has 0 spiro atoms. The topological polar surface area (TPSA) is 110 Å². The van der Waals surface area contributed by atoms with Crippen molar-refractivity contribution in [3.8, 4) is 17.1 Å². The normalized spacial score (nSPS) is 14.1. The lowest BCUT2D eigenvalue weighted by molar-refractivity contribution is 0.0988. The molecule has 4 rings (SSSR count). The van der Waals surface area contributed by atoms with Gasteiger partial charge in [-0.15, -0.1) is 0 Å². The summed E-state index contributed by atoms with van der Waals surface area (Å²) in [6, 6.07) is 10.3. The highest BCUT2D eigenvalue weighted by atomic mass is 16.5. The van der Waals surface area contributed by atoms with Gasteiger partial charge < -0.3 is 20.3 Å². The van der Waals surface area contributed by atoms with Gasteiger partial charge in [0.25, 0.3) is 0 Å². The lowest BCUT2D eigenvalue weighted by atomic mass is 10.1. The van der Waals surface area contributed by atoms with Crippen LogP contribution in [0.4, 0.5) is 23.0 Å². The Balaban J connectivity index is 1.61. The molecule has 0 saturated carbocycles. The molecule has 0 fully saturated rings. The van der Waals surface area contributed by atoms with E-state index in [1.165, 1.54) is 19.5 Å². The second-order valence-electron chi connectivity index (χ2n) is 7.91. The fourth-order valence-corrected chi connectivity index (χ4v) is 3.58. The number of nitrogens with one attached hydrogen (secondary N) is 2. The molecule has 0 atom stereocenters. The third kappa shape index (κ3) is 5.66. The van der Waals surface area contributed by atoms with Crippen LogP contribution in [0.1, 0.15) is 37.5 Å². The number of aromatic nitrogens is 5. The van der Waals surface area contributed by atoms with E-state index >= 15 is 0 Å². The van der Waals surface area contributed by atoms with Crippen molar-refractivity contribution in [2.24, 2.45) is 7.05 Å². The number of rotatable bonds is 10. The number of anilines is 4. The van der Waals surface area contributed by atoms with Crippen molar-refractivity contribution in [1.82, 2.24) is 29.6 Å². The molecule has 1 aromatic carbocycles. The lowest BCUT2D eigenvalue weighted by Gasteiger charge is -2.17. The molecule has 0 unspecified atom stereocenters. The average Bonchev–Trinajstić information content (AvgIpc) is 3.37. The van der Waals surface area contributed by atoms with E-state index in [4.69, 9.17) is 13.0 Å². The molecule has 0 aliphatic heterocycles. The van der Waals surface area contributed by atoms with Gasteiger partial charge in [0.15, 0.2) is 17.4 Å². The van der Waals surface area contributed by atoms with E-state index in [1.807, 2.05) is 12.1 Å². The smallest absolute Gasteiger partial charge is 0.184 e. The van der Waals surface area contributed by atoms with E-state index in [1.54, 1.807) is 49.2 Å². The summed E-state index contributed by atoms with van der Waals surface area (Å²) in [4.78, 5) is 26.2. The minimum Gasteiger partial charge on any atom is -0.494 e. The number of pyridine rings is 2. The number of para-hydroxylation sites is 1. The van der Waals surface area contributed by atoms with Crippen molar-refractivity contribution < 1.29 is 17.8 Å². The van der Waals surface area contributed by atoms with Crippen molar-refractivity contribution in [2.45, 2.75) is 19.9 Å². The van der Waals surface area contributed by atoms with Crippen LogP contribution in [-0.4, -0.2) is 56.5 Å². The number of Topliss-reactive ketones (excluding diaryl/α,β-unsaturated/α-hetero) is 1. The highest BCUT2D eigenvalue weighted by molar-refractivity contribution is 6.02. The molecular formula is C26H30N8O2. The van der Waals surface area contributed by atoms with Gasteiger partial charge in [0, 0.05) is 46.7 Å². The first-order valence-corrected chi connectivity index (χ1v) is 11.1. The van der Waals surface area contributed by atoms with E-state index in [9.17, 15) is 4.79 Å². The number of carbonyl (C=O) groups is 1. The van der Waals surface area contributed by atoms with Gasteiger partial charge in [-0.1, -0.05) is 19.1 Å². The number of carbonyl (C=O) groups excluding carboxylic acids is 1. The van der Waals surface area contributed by atoms with Crippen LogP contribution in [0.3, 0.4) is 0 Å². The van der Waals surface area contributed by atoms with Crippen molar-refractivity contribution in [3.63, 3.8) is 0 Å². The maximum Gasteiger partial charge on any atom is 0.184 e. The van der Waals surface area contributed by atoms with Gasteiger partial charge >= 0.3 is 0 Å². The monoisotopic (exact) mass is 492 g/mol. The average molecular weight is 493 g/mol. The minimum absolute atomic E-state index is 0.117. The zero-order chi connectivity index (χ0) is 30.7. The van der Waals surface area contributed by atoms with E-state index in [0.717, 1.165) is 0 Å². The number of ether oxygens (including phenoxy) is 1. The molecule has 3 heterocycles. The lowest BCUT2D eigenvalue weighted by Crippen LogP contribution is -2.11. The number of hydrogen-bond acceptors (Lipinski definition) is 9. The summed E-state index contributed by atoms with van der Waals surface area (Å²) < 4.78 is 52.5. The van der Waals surface area contributed by atoms with Crippen LogP contribution < -0.4 is 15.4 Å². The highest BCUT2D eigenvalue weighted by Gasteiger charge is 2.18. The Bertz CT molecular complexity index is 1540.